The molecule has 7 heteroatoms. The van der Waals surface area contributed by atoms with Gasteiger partial charge in [0, 0.05) is 6.20 Å². The second-order valence-corrected chi connectivity index (χ2v) is 4.37. The fourth-order valence-corrected chi connectivity index (χ4v) is 1.74. The predicted molar refractivity (Wildman–Crippen MR) is 72.4 cm³/mol. The van der Waals surface area contributed by atoms with E-state index >= 15 is 0 Å². The van der Waals surface area contributed by atoms with Crippen molar-refractivity contribution in [1.82, 2.24) is 9.55 Å². The molecule has 2 aromatic rings. The number of ether oxygens (including phenoxy) is 1. The van der Waals surface area contributed by atoms with Gasteiger partial charge in [0.2, 0.25) is 0 Å². The van der Waals surface area contributed by atoms with Gasteiger partial charge >= 0.3 is 11.7 Å². The van der Waals surface area contributed by atoms with Gasteiger partial charge in [0.05, 0.1) is 23.3 Å². The predicted octanol–water partition coefficient (Wildman–Crippen LogP) is 1.67. The van der Waals surface area contributed by atoms with Crippen molar-refractivity contribution in [3.8, 4) is 5.75 Å². The largest absolute Gasteiger partial charge is 0.492 e. The topological polar surface area (TPSA) is 81.4 Å². The van der Waals surface area contributed by atoms with Crippen molar-refractivity contribution in [3.05, 3.63) is 57.7 Å². The summed E-state index contributed by atoms with van der Waals surface area (Å²) in [4.78, 5) is 25.8. The second kappa shape index (κ2) is 6.21. The number of carbonyl (C=O) groups is 1. The van der Waals surface area contributed by atoms with Gasteiger partial charge in [-0.25, -0.2) is 14.6 Å². The molecule has 0 aliphatic heterocycles. The highest BCUT2D eigenvalue weighted by molar-refractivity contribution is 6.30. The molecule has 0 saturated carbocycles. The second-order valence-electron chi connectivity index (χ2n) is 3.93. The number of benzene rings is 1. The molecule has 1 heterocycles. The first kappa shape index (κ1) is 14.1. The molecule has 0 amide bonds. The molecule has 0 fully saturated rings. The van der Waals surface area contributed by atoms with E-state index in [2.05, 4.69) is 4.98 Å². The number of hydrogen-bond donors (Lipinski definition) is 1. The van der Waals surface area contributed by atoms with Crippen LogP contribution in [0.2, 0.25) is 5.02 Å². The van der Waals surface area contributed by atoms with E-state index in [1.54, 1.807) is 12.1 Å². The number of halogens is 1. The first-order valence-corrected chi connectivity index (χ1v) is 6.12. The quantitative estimate of drug-likeness (QED) is 0.907. The first-order valence-electron chi connectivity index (χ1n) is 5.74. The summed E-state index contributed by atoms with van der Waals surface area (Å²) in [6, 6.07) is 6.12. The standard InChI is InChI=1S/C13H11ClN2O4/c14-10-7-15-13(19)16(8-10)4-5-20-11-3-1-2-9(6-11)12(17)18/h1-3,6-8H,4-5H2,(H,17,18). The minimum Gasteiger partial charge on any atom is -0.492 e. The number of hydrogen-bond acceptors (Lipinski definition) is 4. The Labute approximate surface area is 119 Å². The van der Waals surface area contributed by atoms with Crippen LogP contribution in [-0.4, -0.2) is 27.2 Å². The number of rotatable bonds is 5. The molecule has 1 aromatic heterocycles. The molecule has 20 heavy (non-hydrogen) atoms. The van der Waals surface area contributed by atoms with E-state index in [9.17, 15) is 9.59 Å². The number of carboxylic acids is 1. The zero-order valence-corrected chi connectivity index (χ0v) is 11.1. The van der Waals surface area contributed by atoms with Crippen LogP contribution in [0.3, 0.4) is 0 Å². The van der Waals surface area contributed by atoms with Crippen LogP contribution in [0, 0.1) is 0 Å². The Kier molecular flexibility index (Phi) is 4.37. The number of aromatic carboxylic acids is 1. The van der Waals surface area contributed by atoms with E-state index in [-0.39, 0.29) is 18.7 Å². The van der Waals surface area contributed by atoms with Gasteiger partial charge in [-0.2, -0.15) is 0 Å². The van der Waals surface area contributed by atoms with E-state index in [1.165, 1.54) is 29.1 Å². The van der Waals surface area contributed by atoms with Crippen LogP contribution in [-0.2, 0) is 6.54 Å². The smallest absolute Gasteiger partial charge is 0.347 e. The van der Waals surface area contributed by atoms with E-state index in [0.717, 1.165) is 0 Å². The minimum absolute atomic E-state index is 0.143. The molecule has 0 atom stereocenters. The van der Waals surface area contributed by atoms with Crippen molar-refractivity contribution in [2.75, 3.05) is 6.61 Å². The Hall–Kier alpha value is -2.34. The van der Waals surface area contributed by atoms with Crippen LogP contribution in [0.25, 0.3) is 0 Å². The highest BCUT2D eigenvalue weighted by Crippen LogP contribution is 2.13. The Bertz CT molecular complexity index is 684. The third kappa shape index (κ3) is 3.58. The highest BCUT2D eigenvalue weighted by Gasteiger charge is 2.04. The maximum absolute atomic E-state index is 11.4. The molecule has 0 unspecified atom stereocenters. The van der Waals surface area contributed by atoms with Gasteiger partial charge in [0.25, 0.3) is 0 Å². The summed E-state index contributed by atoms with van der Waals surface area (Å²) in [5.41, 5.74) is -0.277. The molecule has 0 saturated heterocycles. The monoisotopic (exact) mass is 294 g/mol. The number of nitrogens with zero attached hydrogens (tertiary/aromatic N) is 2. The van der Waals surface area contributed by atoms with Gasteiger partial charge in [0.15, 0.2) is 0 Å². The summed E-state index contributed by atoms with van der Waals surface area (Å²) in [6.45, 7) is 0.467. The van der Waals surface area contributed by atoms with Crippen molar-refractivity contribution in [2.45, 2.75) is 6.54 Å². The molecule has 1 aromatic carbocycles. The minimum atomic E-state index is -1.02. The molecule has 2 rings (SSSR count). The Morgan fingerprint density at radius 1 is 1.45 bits per heavy atom. The lowest BCUT2D eigenvalue weighted by molar-refractivity contribution is 0.0696. The van der Waals surface area contributed by atoms with E-state index in [4.69, 9.17) is 21.4 Å². The lowest BCUT2D eigenvalue weighted by Crippen LogP contribution is -2.24. The van der Waals surface area contributed by atoms with Gasteiger partial charge in [-0.05, 0) is 18.2 Å². The maximum Gasteiger partial charge on any atom is 0.347 e. The number of aromatic nitrogens is 2. The molecular formula is C13H11ClN2O4. The van der Waals surface area contributed by atoms with E-state index in [1.807, 2.05) is 0 Å². The molecule has 0 bridgehead atoms. The first-order chi connectivity index (χ1) is 9.56. The number of carboxylic acid groups (broad SMARTS) is 1. The van der Waals surface area contributed by atoms with Crippen molar-refractivity contribution in [1.29, 1.82) is 0 Å². The normalized spacial score (nSPS) is 10.2. The van der Waals surface area contributed by atoms with Crippen molar-refractivity contribution in [2.24, 2.45) is 0 Å². The maximum atomic E-state index is 11.4. The fraction of sp³-hybridized carbons (Fsp3) is 0.154. The Morgan fingerprint density at radius 2 is 2.25 bits per heavy atom. The summed E-state index contributed by atoms with van der Waals surface area (Å²) in [7, 11) is 0. The molecular weight excluding hydrogens is 284 g/mol. The zero-order valence-electron chi connectivity index (χ0n) is 10.3. The van der Waals surface area contributed by atoms with E-state index in [0.29, 0.717) is 10.8 Å². The van der Waals surface area contributed by atoms with Crippen LogP contribution >= 0.6 is 11.6 Å². The van der Waals surface area contributed by atoms with Gasteiger partial charge in [-0.15, -0.1) is 0 Å². The van der Waals surface area contributed by atoms with Gasteiger partial charge in [-0.1, -0.05) is 17.7 Å². The third-order valence-corrected chi connectivity index (χ3v) is 2.70. The van der Waals surface area contributed by atoms with Gasteiger partial charge in [0.1, 0.15) is 12.4 Å². The van der Waals surface area contributed by atoms with E-state index < -0.39 is 11.7 Å². The van der Waals surface area contributed by atoms with Crippen molar-refractivity contribution >= 4 is 17.6 Å². The summed E-state index contributed by atoms with van der Waals surface area (Å²) in [5, 5.41) is 9.21. The lowest BCUT2D eigenvalue weighted by atomic mass is 10.2. The summed E-state index contributed by atoms with van der Waals surface area (Å²) < 4.78 is 6.72. The van der Waals surface area contributed by atoms with Crippen LogP contribution < -0.4 is 10.4 Å². The van der Waals surface area contributed by atoms with Crippen molar-refractivity contribution in [3.63, 3.8) is 0 Å². The molecule has 0 spiro atoms. The van der Waals surface area contributed by atoms with Crippen LogP contribution in [0.1, 0.15) is 10.4 Å². The zero-order chi connectivity index (χ0) is 14.5. The lowest BCUT2D eigenvalue weighted by Gasteiger charge is -2.08. The highest BCUT2D eigenvalue weighted by atomic mass is 35.5. The molecule has 1 N–H and O–H groups in total. The third-order valence-electron chi connectivity index (χ3n) is 2.51. The molecule has 6 nitrogen and oxygen atoms in total. The van der Waals surface area contributed by atoms with Gasteiger partial charge < -0.3 is 9.84 Å². The van der Waals surface area contributed by atoms with Crippen molar-refractivity contribution < 1.29 is 14.6 Å². The molecule has 0 radical (unpaired) electrons. The molecule has 0 aliphatic carbocycles. The average molecular weight is 295 g/mol. The molecule has 0 aliphatic rings. The van der Waals surface area contributed by atoms with Gasteiger partial charge in [-0.3, -0.25) is 4.57 Å². The summed E-state index contributed by atoms with van der Waals surface area (Å²) in [5.74, 6) is -0.598. The summed E-state index contributed by atoms with van der Waals surface area (Å²) in [6.07, 6.45) is 2.74. The average Bonchev–Trinajstić information content (AvgIpc) is 2.43. The fourth-order valence-electron chi connectivity index (χ4n) is 1.57. The van der Waals surface area contributed by atoms with Crippen LogP contribution in [0.15, 0.2) is 41.5 Å². The Balaban J connectivity index is 1.99. The van der Waals surface area contributed by atoms with Crippen LogP contribution in [0.4, 0.5) is 0 Å². The van der Waals surface area contributed by atoms with Crippen LogP contribution in [0.5, 0.6) is 5.75 Å². The SMILES string of the molecule is O=C(O)c1cccc(OCCn2cc(Cl)cnc2=O)c1. The summed E-state index contributed by atoms with van der Waals surface area (Å²) >= 11 is 5.74. The Morgan fingerprint density at radius 3 is 3.00 bits per heavy atom. The molecule has 104 valence electrons.